The zero-order chi connectivity index (χ0) is 19.8. The maximum absolute atomic E-state index is 14.2. The van der Waals surface area contributed by atoms with Gasteiger partial charge in [-0.3, -0.25) is 4.72 Å². The fourth-order valence-electron chi connectivity index (χ4n) is 2.41. The largest absolute Gasteiger partial charge is 0.379 e. The molecule has 1 aliphatic heterocycles. The van der Waals surface area contributed by atoms with E-state index in [-0.39, 0.29) is 45.6 Å². The molecular formula is C14H13Cl2FN2O5S3. The first-order valence-corrected chi connectivity index (χ1v) is 12.0. The van der Waals surface area contributed by atoms with Crippen LogP contribution >= 0.6 is 34.5 Å². The average molecular weight is 475 g/mol. The van der Waals surface area contributed by atoms with Crippen molar-refractivity contribution in [1.29, 1.82) is 0 Å². The monoisotopic (exact) mass is 474 g/mol. The minimum absolute atomic E-state index is 0.0456. The number of hydrogen-bond donors (Lipinski definition) is 1. The van der Waals surface area contributed by atoms with Gasteiger partial charge in [-0.1, -0.05) is 23.2 Å². The molecule has 0 amide bonds. The van der Waals surface area contributed by atoms with E-state index in [0.29, 0.717) is 0 Å². The van der Waals surface area contributed by atoms with Crippen LogP contribution < -0.4 is 4.72 Å². The summed E-state index contributed by atoms with van der Waals surface area (Å²) >= 11 is 12.5. The number of sulfonamides is 2. The maximum Gasteiger partial charge on any atom is 0.264 e. The maximum atomic E-state index is 14.2. The molecule has 1 N–H and O–H groups in total. The number of anilines is 1. The molecule has 27 heavy (non-hydrogen) atoms. The normalized spacial score (nSPS) is 16.4. The van der Waals surface area contributed by atoms with Crippen molar-refractivity contribution in [2.75, 3.05) is 31.0 Å². The number of thiophene rings is 1. The Morgan fingerprint density at radius 2 is 1.74 bits per heavy atom. The molecule has 13 heteroatoms. The lowest BCUT2D eigenvalue weighted by Crippen LogP contribution is -2.40. The van der Waals surface area contributed by atoms with E-state index < -0.39 is 30.8 Å². The number of nitrogens with zero attached hydrogens (tertiary/aromatic N) is 1. The van der Waals surface area contributed by atoms with Crippen molar-refractivity contribution < 1.29 is 26.0 Å². The van der Waals surface area contributed by atoms with Crippen molar-refractivity contribution in [3.05, 3.63) is 38.8 Å². The molecule has 0 atom stereocenters. The molecule has 1 aliphatic rings. The lowest BCUT2D eigenvalue weighted by Gasteiger charge is -2.26. The lowest BCUT2D eigenvalue weighted by molar-refractivity contribution is 0.0729. The number of morpholine rings is 1. The quantitative estimate of drug-likeness (QED) is 0.718. The topological polar surface area (TPSA) is 92.8 Å². The summed E-state index contributed by atoms with van der Waals surface area (Å²) in [6.45, 7) is 0.566. The second kappa shape index (κ2) is 7.82. The number of halogens is 3. The lowest BCUT2D eigenvalue weighted by atomic mass is 10.3. The average Bonchev–Trinajstić information content (AvgIpc) is 2.96. The third kappa shape index (κ3) is 4.39. The predicted molar refractivity (Wildman–Crippen MR) is 101 cm³/mol. The van der Waals surface area contributed by atoms with Crippen LogP contribution in [0.3, 0.4) is 0 Å². The van der Waals surface area contributed by atoms with Crippen molar-refractivity contribution in [2.24, 2.45) is 0 Å². The Balaban J connectivity index is 1.95. The van der Waals surface area contributed by atoms with Crippen LogP contribution in [0.1, 0.15) is 0 Å². The fourth-order valence-corrected chi connectivity index (χ4v) is 7.11. The summed E-state index contributed by atoms with van der Waals surface area (Å²) in [6, 6.07) is 4.10. The van der Waals surface area contributed by atoms with Crippen molar-refractivity contribution in [1.82, 2.24) is 4.31 Å². The van der Waals surface area contributed by atoms with Gasteiger partial charge in [0.25, 0.3) is 10.0 Å². The van der Waals surface area contributed by atoms with Gasteiger partial charge in [0.2, 0.25) is 10.0 Å². The van der Waals surface area contributed by atoms with E-state index in [4.69, 9.17) is 27.9 Å². The molecule has 0 aliphatic carbocycles. The highest BCUT2D eigenvalue weighted by Gasteiger charge is 2.30. The van der Waals surface area contributed by atoms with E-state index in [1.165, 1.54) is 6.07 Å². The van der Waals surface area contributed by atoms with Gasteiger partial charge >= 0.3 is 0 Å². The van der Waals surface area contributed by atoms with Gasteiger partial charge in [-0.15, -0.1) is 11.3 Å². The molecule has 0 radical (unpaired) electrons. The summed E-state index contributed by atoms with van der Waals surface area (Å²) in [5.74, 6) is -0.985. The second-order valence-electron chi connectivity index (χ2n) is 5.46. The summed E-state index contributed by atoms with van der Waals surface area (Å²) in [5, 5.41) is 0. The van der Waals surface area contributed by atoms with Gasteiger partial charge < -0.3 is 4.74 Å². The van der Waals surface area contributed by atoms with Crippen LogP contribution in [0.4, 0.5) is 10.1 Å². The zero-order valence-electron chi connectivity index (χ0n) is 13.5. The van der Waals surface area contributed by atoms with E-state index in [1.807, 2.05) is 0 Å². The standard InChI is InChI=1S/C14H13Cl2FN2O5S3/c15-13-8-12(14(16)25-13)26(20,21)18-9-1-2-10(17)11(7-9)27(22,23)19-3-5-24-6-4-19/h1-2,7-8,18H,3-6H2. The summed E-state index contributed by atoms with van der Waals surface area (Å²) in [6.07, 6.45) is 0. The Morgan fingerprint density at radius 1 is 1.07 bits per heavy atom. The first kappa shape index (κ1) is 20.8. The third-order valence-electron chi connectivity index (χ3n) is 3.69. The summed E-state index contributed by atoms with van der Waals surface area (Å²) in [5.41, 5.74) is -0.123. The van der Waals surface area contributed by atoms with E-state index in [2.05, 4.69) is 4.72 Å². The molecule has 0 unspecified atom stereocenters. The Kier molecular flexibility index (Phi) is 6.02. The fraction of sp³-hybridized carbons (Fsp3) is 0.286. The van der Waals surface area contributed by atoms with Crippen molar-refractivity contribution in [3.8, 4) is 0 Å². The van der Waals surface area contributed by atoms with Crippen LogP contribution in [0.5, 0.6) is 0 Å². The van der Waals surface area contributed by atoms with Crippen LogP contribution in [-0.4, -0.2) is 47.4 Å². The molecule has 1 saturated heterocycles. The molecular weight excluding hydrogens is 462 g/mol. The van der Waals surface area contributed by atoms with Crippen LogP contribution in [-0.2, 0) is 24.8 Å². The molecule has 148 valence electrons. The summed E-state index contributed by atoms with van der Waals surface area (Å²) in [7, 11) is -8.27. The van der Waals surface area contributed by atoms with Crippen molar-refractivity contribution in [2.45, 2.75) is 9.79 Å². The van der Waals surface area contributed by atoms with E-state index >= 15 is 0 Å². The SMILES string of the molecule is O=S(=O)(Nc1ccc(F)c(S(=O)(=O)N2CCOCC2)c1)c1cc(Cl)sc1Cl. The van der Waals surface area contributed by atoms with Gasteiger partial charge in [0.15, 0.2) is 0 Å². The number of rotatable bonds is 5. The highest BCUT2D eigenvalue weighted by molar-refractivity contribution is 7.93. The van der Waals surface area contributed by atoms with Crippen molar-refractivity contribution >= 4 is 60.3 Å². The molecule has 2 aromatic rings. The summed E-state index contributed by atoms with van der Waals surface area (Å²) in [4.78, 5) is -0.875. The number of benzene rings is 1. The van der Waals surface area contributed by atoms with Gasteiger partial charge in [0.1, 0.15) is 19.9 Å². The number of ether oxygens (including phenoxy) is 1. The zero-order valence-corrected chi connectivity index (χ0v) is 17.4. The highest BCUT2D eigenvalue weighted by atomic mass is 35.5. The van der Waals surface area contributed by atoms with Crippen LogP contribution in [0, 0.1) is 5.82 Å². The first-order valence-electron chi connectivity index (χ1n) is 7.46. The molecule has 7 nitrogen and oxygen atoms in total. The number of nitrogens with one attached hydrogen (secondary N) is 1. The first-order chi connectivity index (χ1) is 12.6. The molecule has 1 aromatic heterocycles. The predicted octanol–water partition coefficient (Wildman–Crippen LogP) is 3.02. The van der Waals surface area contributed by atoms with E-state index in [1.54, 1.807) is 0 Å². The highest BCUT2D eigenvalue weighted by Crippen LogP contribution is 2.35. The van der Waals surface area contributed by atoms with Crippen LogP contribution in [0.25, 0.3) is 0 Å². The molecule has 2 heterocycles. The van der Waals surface area contributed by atoms with Crippen molar-refractivity contribution in [3.63, 3.8) is 0 Å². The Labute approximate surface area is 169 Å². The minimum atomic E-state index is -4.14. The molecule has 1 fully saturated rings. The van der Waals surface area contributed by atoms with Crippen LogP contribution in [0.15, 0.2) is 34.1 Å². The van der Waals surface area contributed by atoms with Gasteiger partial charge in [0, 0.05) is 13.1 Å². The smallest absolute Gasteiger partial charge is 0.264 e. The molecule has 3 rings (SSSR count). The van der Waals surface area contributed by atoms with E-state index in [0.717, 1.165) is 33.8 Å². The molecule has 0 spiro atoms. The number of hydrogen-bond acceptors (Lipinski definition) is 6. The van der Waals surface area contributed by atoms with Gasteiger partial charge in [-0.05, 0) is 24.3 Å². The molecule has 1 aromatic carbocycles. The minimum Gasteiger partial charge on any atom is -0.379 e. The van der Waals surface area contributed by atoms with Crippen LogP contribution in [0.2, 0.25) is 8.67 Å². The Hall–Kier alpha value is -0.950. The van der Waals surface area contributed by atoms with Gasteiger partial charge in [-0.2, -0.15) is 4.31 Å². The third-order valence-corrected chi connectivity index (χ3v) is 8.73. The Bertz CT molecular complexity index is 1070. The second-order valence-corrected chi connectivity index (χ2v) is 11.3. The summed E-state index contributed by atoms with van der Waals surface area (Å²) < 4.78 is 73.0. The van der Waals surface area contributed by atoms with E-state index in [9.17, 15) is 21.2 Å². The van der Waals surface area contributed by atoms with Gasteiger partial charge in [-0.25, -0.2) is 21.2 Å². The Morgan fingerprint density at radius 3 is 2.33 bits per heavy atom. The van der Waals surface area contributed by atoms with Gasteiger partial charge in [0.05, 0.1) is 23.2 Å². The molecule has 0 saturated carbocycles. The molecule has 0 bridgehead atoms.